The van der Waals surface area contributed by atoms with Crippen LogP contribution >= 0.6 is 0 Å². The van der Waals surface area contributed by atoms with Gasteiger partial charge >= 0.3 is 5.97 Å². The SMILES string of the molecule is CCCCC1CCC([C@@H]2CCC[C@@H](OC(=O)CC)C2)CC1. The highest BCUT2D eigenvalue weighted by molar-refractivity contribution is 5.69. The van der Waals surface area contributed by atoms with E-state index in [-0.39, 0.29) is 12.1 Å². The normalized spacial score (nSPS) is 33.6. The maximum atomic E-state index is 11.5. The smallest absolute Gasteiger partial charge is 0.305 e. The van der Waals surface area contributed by atoms with Gasteiger partial charge in [0.25, 0.3) is 0 Å². The van der Waals surface area contributed by atoms with E-state index in [0.717, 1.165) is 30.6 Å². The molecule has 0 unspecified atom stereocenters. The van der Waals surface area contributed by atoms with E-state index in [0.29, 0.717) is 6.42 Å². The van der Waals surface area contributed by atoms with Crippen LogP contribution in [-0.2, 0) is 9.53 Å². The Morgan fingerprint density at radius 2 is 1.76 bits per heavy atom. The van der Waals surface area contributed by atoms with Crippen LogP contribution in [0.5, 0.6) is 0 Å². The van der Waals surface area contributed by atoms with E-state index in [9.17, 15) is 4.79 Å². The number of hydrogen-bond donors (Lipinski definition) is 0. The minimum Gasteiger partial charge on any atom is -0.462 e. The average Bonchev–Trinajstić information content (AvgIpc) is 2.53. The lowest BCUT2D eigenvalue weighted by molar-refractivity contribution is -0.151. The number of rotatable bonds is 6. The van der Waals surface area contributed by atoms with Crippen LogP contribution in [-0.4, -0.2) is 12.1 Å². The molecular formula is C19H34O2. The fraction of sp³-hybridized carbons (Fsp3) is 0.947. The van der Waals surface area contributed by atoms with E-state index >= 15 is 0 Å². The number of carbonyl (C=O) groups excluding carboxylic acids is 1. The van der Waals surface area contributed by atoms with Gasteiger partial charge in [0.1, 0.15) is 6.10 Å². The molecule has 0 N–H and O–H groups in total. The van der Waals surface area contributed by atoms with Crippen molar-refractivity contribution < 1.29 is 9.53 Å². The van der Waals surface area contributed by atoms with Gasteiger partial charge in [-0.05, 0) is 56.3 Å². The van der Waals surface area contributed by atoms with Crippen molar-refractivity contribution in [3.05, 3.63) is 0 Å². The molecule has 0 bridgehead atoms. The molecule has 0 aromatic heterocycles. The van der Waals surface area contributed by atoms with Gasteiger partial charge in [0, 0.05) is 6.42 Å². The van der Waals surface area contributed by atoms with Gasteiger partial charge in [-0.15, -0.1) is 0 Å². The van der Waals surface area contributed by atoms with Crippen molar-refractivity contribution in [3.63, 3.8) is 0 Å². The molecule has 2 fully saturated rings. The summed E-state index contributed by atoms with van der Waals surface area (Å²) in [4.78, 5) is 11.5. The molecule has 2 heteroatoms. The summed E-state index contributed by atoms with van der Waals surface area (Å²) in [5.74, 6) is 2.72. The Kier molecular flexibility index (Phi) is 7.06. The number of ether oxygens (including phenoxy) is 1. The first-order valence-electron chi connectivity index (χ1n) is 9.42. The minimum absolute atomic E-state index is 0.0103. The molecule has 2 saturated carbocycles. The van der Waals surface area contributed by atoms with Gasteiger partial charge in [-0.25, -0.2) is 0 Å². The van der Waals surface area contributed by atoms with Gasteiger partial charge < -0.3 is 4.74 Å². The van der Waals surface area contributed by atoms with Gasteiger partial charge in [-0.2, -0.15) is 0 Å². The standard InChI is InChI=1S/C19H34O2/c1-3-5-7-15-10-12-16(13-11-15)17-8-6-9-18(14-17)21-19(20)4-2/h15-18H,3-14H2,1-2H3/t15?,16?,17-,18-/m1/s1. The first-order valence-corrected chi connectivity index (χ1v) is 9.42. The molecule has 0 saturated heterocycles. The summed E-state index contributed by atoms with van der Waals surface area (Å²) in [6.07, 6.45) is 15.5. The molecule has 0 heterocycles. The Labute approximate surface area is 131 Å². The second-order valence-corrected chi connectivity index (χ2v) is 7.32. The molecule has 21 heavy (non-hydrogen) atoms. The molecular weight excluding hydrogens is 260 g/mol. The third-order valence-corrected chi connectivity index (χ3v) is 5.78. The second kappa shape index (κ2) is 8.80. The first kappa shape index (κ1) is 16.8. The molecule has 122 valence electrons. The fourth-order valence-corrected chi connectivity index (χ4v) is 4.43. The van der Waals surface area contributed by atoms with Crippen molar-refractivity contribution in [2.45, 2.75) is 97.0 Å². The van der Waals surface area contributed by atoms with Crippen LogP contribution < -0.4 is 0 Å². The monoisotopic (exact) mass is 294 g/mol. The van der Waals surface area contributed by atoms with Crippen LogP contribution in [0.2, 0.25) is 0 Å². The molecule has 0 aliphatic heterocycles. The van der Waals surface area contributed by atoms with Gasteiger partial charge in [0.05, 0.1) is 0 Å². The number of unbranched alkanes of at least 4 members (excludes halogenated alkanes) is 1. The van der Waals surface area contributed by atoms with E-state index in [2.05, 4.69) is 6.92 Å². The molecule has 0 radical (unpaired) electrons. The molecule has 0 aromatic rings. The zero-order valence-electron chi connectivity index (χ0n) is 14.1. The van der Waals surface area contributed by atoms with Crippen molar-refractivity contribution in [2.75, 3.05) is 0 Å². The predicted molar refractivity (Wildman–Crippen MR) is 87.1 cm³/mol. The lowest BCUT2D eigenvalue weighted by atomic mass is 9.70. The fourth-order valence-electron chi connectivity index (χ4n) is 4.43. The minimum atomic E-state index is -0.0103. The summed E-state index contributed by atoms with van der Waals surface area (Å²) in [6, 6.07) is 0. The summed E-state index contributed by atoms with van der Waals surface area (Å²) < 4.78 is 5.60. The highest BCUT2D eigenvalue weighted by atomic mass is 16.5. The van der Waals surface area contributed by atoms with Crippen molar-refractivity contribution >= 4 is 5.97 Å². The lowest BCUT2D eigenvalue weighted by Gasteiger charge is -2.38. The number of carbonyl (C=O) groups is 1. The van der Waals surface area contributed by atoms with E-state index in [4.69, 9.17) is 4.74 Å². The maximum absolute atomic E-state index is 11.5. The van der Waals surface area contributed by atoms with Crippen LogP contribution in [0.3, 0.4) is 0 Å². The van der Waals surface area contributed by atoms with Crippen molar-refractivity contribution in [3.8, 4) is 0 Å². The quantitative estimate of drug-likeness (QED) is 0.605. The van der Waals surface area contributed by atoms with Crippen LogP contribution in [0.25, 0.3) is 0 Å². The van der Waals surface area contributed by atoms with E-state index in [1.807, 2.05) is 6.92 Å². The summed E-state index contributed by atoms with van der Waals surface area (Å²) in [5.41, 5.74) is 0. The summed E-state index contributed by atoms with van der Waals surface area (Å²) in [6.45, 7) is 4.19. The Balaban J connectivity index is 1.73. The second-order valence-electron chi connectivity index (χ2n) is 7.32. The topological polar surface area (TPSA) is 26.3 Å². The molecule has 2 nitrogen and oxygen atoms in total. The van der Waals surface area contributed by atoms with Gasteiger partial charge in [0.15, 0.2) is 0 Å². The molecule has 0 amide bonds. The molecule has 0 spiro atoms. The van der Waals surface area contributed by atoms with Crippen LogP contribution in [0.15, 0.2) is 0 Å². The van der Waals surface area contributed by atoms with E-state index in [1.165, 1.54) is 57.8 Å². The third-order valence-electron chi connectivity index (χ3n) is 5.78. The zero-order chi connectivity index (χ0) is 15.1. The largest absolute Gasteiger partial charge is 0.462 e. The highest BCUT2D eigenvalue weighted by Gasteiger charge is 2.32. The molecule has 2 aliphatic carbocycles. The Bertz CT molecular complexity index is 305. The maximum Gasteiger partial charge on any atom is 0.305 e. The Morgan fingerprint density at radius 3 is 2.43 bits per heavy atom. The van der Waals surface area contributed by atoms with Gasteiger partial charge in [-0.1, -0.05) is 46.0 Å². The molecule has 2 rings (SSSR count). The first-order chi connectivity index (χ1) is 10.2. The van der Waals surface area contributed by atoms with Crippen molar-refractivity contribution in [2.24, 2.45) is 17.8 Å². The molecule has 0 aromatic carbocycles. The van der Waals surface area contributed by atoms with E-state index < -0.39 is 0 Å². The van der Waals surface area contributed by atoms with Crippen LogP contribution in [0, 0.1) is 17.8 Å². The predicted octanol–water partition coefficient (Wildman–Crippen LogP) is 5.50. The molecule has 2 atom stereocenters. The Morgan fingerprint density at radius 1 is 1.00 bits per heavy atom. The lowest BCUT2D eigenvalue weighted by Crippen LogP contribution is -2.31. The summed E-state index contributed by atoms with van der Waals surface area (Å²) in [7, 11) is 0. The van der Waals surface area contributed by atoms with Crippen LogP contribution in [0.4, 0.5) is 0 Å². The highest BCUT2D eigenvalue weighted by Crippen LogP contribution is 2.41. The Hall–Kier alpha value is -0.530. The summed E-state index contributed by atoms with van der Waals surface area (Å²) in [5, 5.41) is 0. The molecule has 2 aliphatic rings. The van der Waals surface area contributed by atoms with Crippen molar-refractivity contribution in [1.82, 2.24) is 0 Å². The van der Waals surface area contributed by atoms with Gasteiger partial charge in [-0.3, -0.25) is 4.79 Å². The van der Waals surface area contributed by atoms with Gasteiger partial charge in [0.2, 0.25) is 0 Å². The van der Waals surface area contributed by atoms with Crippen molar-refractivity contribution in [1.29, 1.82) is 0 Å². The van der Waals surface area contributed by atoms with Crippen LogP contribution in [0.1, 0.15) is 90.9 Å². The summed E-state index contributed by atoms with van der Waals surface area (Å²) >= 11 is 0. The van der Waals surface area contributed by atoms with E-state index in [1.54, 1.807) is 0 Å². The third kappa shape index (κ3) is 5.30. The number of hydrogen-bond acceptors (Lipinski definition) is 2. The zero-order valence-corrected chi connectivity index (χ0v) is 14.1. The average molecular weight is 294 g/mol. The number of esters is 1.